The van der Waals surface area contributed by atoms with Crippen molar-refractivity contribution in [2.75, 3.05) is 27.3 Å². The van der Waals surface area contributed by atoms with E-state index in [1.807, 2.05) is 0 Å². The molecule has 7 heteroatoms. The number of ether oxygens (including phenoxy) is 3. The molecule has 0 saturated carbocycles. The van der Waals surface area contributed by atoms with E-state index in [9.17, 15) is 13.2 Å². The first-order chi connectivity index (χ1) is 9.91. The van der Waals surface area contributed by atoms with E-state index in [4.69, 9.17) is 9.47 Å². The molecule has 0 unspecified atom stereocenters. The van der Waals surface area contributed by atoms with Crippen LogP contribution in [-0.4, -0.2) is 33.7 Å². The topological polar surface area (TPSA) is 39.7 Å². The lowest BCUT2D eigenvalue weighted by molar-refractivity contribution is -0.275. The van der Waals surface area contributed by atoms with Gasteiger partial charge in [-0.2, -0.15) is 0 Å². The Morgan fingerprint density at radius 2 is 1.67 bits per heavy atom. The Balaban J connectivity index is 2.94. The molecule has 0 bridgehead atoms. The number of halogens is 3. The van der Waals surface area contributed by atoms with Crippen molar-refractivity contribution in [3.05, 3.63) is 17.7 Å². The van der Waals surface area contributed by atoms with Crippen LogP contribution < -0.4 is 19.5 Å². The molecule has 0 aliphatic rings. The zero-order valence-electron chi connectivity index (χ0n) is 12.3. The number of hydrogen-bond acceptors (Lipinski definition) is 4. The predicted molar refractivity (Wildman–Crippen MR) is 73.1 cm³/mol. The highest BCUT2D eigenvalue weighted by Crippen LogP contribution is 2.37. The van der Waals surface area contributed by atoms with Crippen molar-refractivity contribution in [1.29, 1.82) is 0 Å². The maximum Gasteiger partial charge on any atom is 0.573 e. The summed E-state index contributed by atoms with van der Waals surface area (Å²) < 4.78 is 51.1. The molecule has 1 aromatic rings. The number of alkyl halides is 3. The first-order valence-corrected chi connectivity index (χ1v) is 6.62. The van der Waals surface area contributed by atoms with Crippen molar-refractivity contribution in [3.63, 3.8) is 0 Å². The molecule has 1 aromatic carbocycles. The molecule has 0 radical (unpaired) electrons. The largest absolute Gasteiger partial charge is 0.573 e. The van der Waals surface area contributed by atoms with Crippen molar-refractivity contribution in [1.82, 2.24) is 5.32 Å². The number of rotatable bonds is 8. The van der Waals surface area contributed by atoms with E-state index in [1.165, 1.54) is 26.4 Å². The molecular weight excluding hydrogens is 287 g/mol. The van der Waals surface area contributed by atoms with Gasteiger partial charge in [0.25, 0.3) is 0 Å². The number of benzene rings is 1. The van der Waals surface area contributed by atoms with Crippen LogP contribution in [0.2, 0.25) is 0 Å². The molecule has 4 nitrogen and oxygen atoms in total. The van der Waals surface area contributed by atoms with E-state index >= 15 is 0 Å². The predicted octanol–water partition coefficient (Wildman–Crippen LogP) is 3.14. The lowest BCUT2D eigenvalue weighted by Gasteiger charge is -2.16. The summed E-state index contributed by atoms with van der Waals surface area (Å²) in [7, 11) is 2.70. The summed E-state index contributed by atoms with van der Waals surface area (Å²) in [5, 5.41) is 3.22. The van der Waals surface area contributed by atoms with Crippen LogP contribution in [0.5, 0.6) is 17.2 Å². The molecule has 1 N–H and O–H groups in total. The zero-order chi connectivity index (χ0) is 15.9. The molecule has 0 fully saturated rings. The van der Waals surface area contributed by atoms with Crippen LogP contribution in [0.25, 0.3) is 0 Å². The van der Waals surface area contributed by atoms with Gasteiger partial charge in [0, 0.05) is 6.07 Å². The van der Waals surface area contributed by atoms with Gasteiger partial charge in [0.2, 0.25) is 0 Å². The Hall–Kier alpha value is -1.63. The molecular formula is C14H20F3NO3. The molecule has 0 atom stereocenters. The molecule has 21 heavy (non-hydrogen) atoms. The summed E-state index contributed by atoms with van der Waals surface area (Å²) in [5.41, 5.74) is 0.757. The first-order valence-electron chi connectivity index (χ1n) is 6.62. The molecule has 120 valence electrons. The Kier molecular flexibility index (Phi) is 6.61. The maximum atomic E-state index is 12.4. The van der Waals surface area contributed by atoms with Crippen LogP contribution in [0.4, 0.5) is 13.2 Å². The number of methoxy groups -OCH3 is 2. The maximum absolute atomic E-state index is 12.4. The standard InChI is InChI=1S/C14H20F3NO3/c1-4-6-18-7-5-10-8-12(20-3)13(9-11(10)19-2)21-14(15,16)17/h8-9,18H,4-7H2,1-3H3. The quantitative estimate of drug-likeness (QED) is 0.749. The number of nitrogens with one attached hydrogen (secondary N) is 1. The monoisotopic (exact) mass is 307 g/mol. The first kappa shape index (κ1) is 17.4. The van der Waals surface area contributed by atoms with E-state index in [2.05, 4.69) is 17.0 Å². The van der Waals surface area contributed by atoms with Crippen molar-refractivity contribution in [3.8, 4) is 17.2 Å². The van der Waals surface area contributed by atoms with Gasteiger partial charge in [0.1, 0.15) is 5.75 Å². The van der Waals surface area contributed by atoms with Crippen molar-refractivity contribution in [2.45, 2.75) is 26.1 Å². The van der Waals surface area contributed by atoms with E-state index in [0.29, 0.717) is 18.7 Å². The van der Waals surface area contributed by atoms with Gasteiger partial charge in [-0.1, -0.05) is 6.92 Å². The normalized spacial score (nSPS) is 11.3. The third-order valence-electron chi connectivity index (χ3n) is 2.79. The van der Waals surface area contributed by atoms with Gasteiger partial charge in [-0.05, 0) is 37.6 Å². The molecule has 0 amide bonds. The van der Waals surface area contributed by atoms with Crippen LogP contribution >= 0.6 is 0 Å². The summed E-state index contributed by atoms with van der Waals surface area (Å²) in [6, 6.07) is 2.70. The Morgan fingerprint density at radius 1 is 1.00 bits per heavy atom. The van der Waals surface area contributed by atoms with Crippen LogP contribution in [0, 0.1) is 0 Å². The van der Waals surface area contributed by atoms with Crippen molar-refractivity contribution >= 4 is 0 Å². The third kappa shape index (κ3) is 5.71. The Labute approximate surface area is 122 Å². The van der Waals surface area contributed by atoms with Gasteiger partial charge in [0.05, 0.1) is 14.2 Å². The highest BCUT2D eigenvalue weighted by atomic mass is 19.4. The van der Waals surface area contributed by atoms with Crippen molar-refractivity contribution < 1.29 is 27.4 Å². The minimum absolute atomic E-state index is 0.0265. The Morgan fingerprint density at radius 3 is 2.19 bits per heavy atom. The van der Waals surface area contributed by atoms with Crippen LogP contribution in [0.3, 0.4) is 0 Å². The molecule has 0 spiro atoms. The molecule has 0 heterocycles. The lowest BCUT2D eigenvalue weighted by atomic mass is 10.1. The third-order valence-corrected chi connectivity index (χ3v) is 2.79. The van der Waals surface area contributed by atoms with Crippen molar-refractivity contribution in [2.24, 2.45) is 0 Å². The highest BCUT2D eigenvalue weighted by molar-refractivity contribution is 5.51. The molecule has 0 aliphatic heterocycles. The lowest BCUT2D eigenvalue weighted by Crippen LogP contribution is -2.19. The van der Waals surface area contributed by atoms with Gasteiger partial charge in [0.15, 0.2) is 11.5 Å². The fraction of sp³-hybridized carbons (Fsp3) is 0.571. The smallest absolute Gasteiger partial charge is 0.496 e. The van der Waals surface area contributed by atoms with Gasteiger partial charge in [-0.25, -0.2) is 0 Å². The summed E-state index contributed by atoms with van der Waals surface area (Å²) in [5.74, 6) is -0.0425. The zero-order valence-corrected chi connectivity index (χ0v) is 12.3. The van der Waals surface area contributed by atoms with Crippen LogP contribution in [0.1, 0.15) is 18.9 Å². The van der Waals surface area contributed by atoms with Crippen LogP contribution in [-0.2, 0) is 6.42 Å². The van der Waals surface area contributed by atoms with Gasteiger partial charge in [-0.3, -0.25) is 0 Å². The van der Waals surface area contributed by atoms with Gasteiger partial charge >= 0.3 is 6.36 Å². The summed E-state index contributed by atoms with van der Waals surface area (Å²) in [6.07, 6.45) is -3.15. The second-order valence-electron chi connectivity index (χ2n) is 4.36. The molecule has 0 aliphatic carbocycles. The SMILES string of the molecule is CCCNCCc1cc(OC)c(OC(F)(F)F)cc1OC. The van der Waals surface area contributed by atoms with E-state index in [-0.39, 0.29) is 5.75 Å². The average Bonchev–Trinajstić information content (AvgIpc) is 2.42. The van der Waals surface area contributed by atoms with E-state index < -0.39 is 12.1 Å². The summed E-state index contributed by atoms with van der Waals surface area (Å²) >= 11 is 0. The second-order valence-corrected chi connectivity index (χ2v) is 4.36. The second kappa shape index (κ2) is 7.97. The van der Waals surface area contributed by atoms with E-state index in [1.54, 1.807) is 0 Å². The van der Waals surface area contributed by atoms with Crippen LogP contribution in [0.15, 0.2) is 12.1 Å². The van der Waals surface area contributed by atoms with Gasteiger partial charge < -0.3 is 19.5 Å². The minimum atomic E-state index is -4.78. The fourth-order valence-electron chi connectivity index (χ4n) is 1.86. The van der Waals surface area contributed by atoms with Gasteiger partial charge in [-0.15, -0.1) is 13.2 Å². The minimum Gasteiger partial charge on any atom is -0.496 e. The number of hydrogen-bond donors (Lipinski definition) is 1. The summed E-state index contributed by atoms with van der Waals surface area (Å²) in [6.45, 7) is 3.64. The Bertz CT molecular complexity index is 450. The molecule has 0 aromatic heterocycles. The molecule has 1 rings (SSSR count). The summed E-state index contributed by atoms with van der Waals surface area (Å²) in [4.78, 5) is 0. The molecule has 0 saturated heterocycles. The highest BCUT2D eigenvalue weighted by Gasteiger charge is 2.33. The average molecular weight is 307 g/mol. The fourth-order valence-corrected chi connectivity index (χ4v) is 1.86. The van der Waals surface area contributed by atoms with E-state index in [0.717, 1.165) is 18.5 Å².